The molecule has 0 saturated carbocycles. The first-order chi connectivity index (χ1) is 16.7. The topological polar surface area (TPSA) is 88.8 Å². The summed E-state index contributed by atoms with van der Waals surface area (Å²) in [5, 5.41) is 10.3. The summed E-state index contributed by atoms with van der Waals surface area (Å²) in [6, 6.07) is 12.4. The Morgan fingerprint density at radius 1 is 1.26 bits per heavy atom. The second-order valence-electron chi connectivity index (χ2n) is 8.76. The van der Waals surface area contributed by atoms with Crippen molar-refractivity contribution in [1.82, 2.24) is 8.87 Å². The number of nitrogens with zero attached hydrogens (tertiary/aromatic N) is 2. The zero-order valence-corrected chi connectivity index (χ0v) is 21.3. The summed E-state index contributed by atoms with van der Waals surface area (Å²) in [5.41, 5.74) is 1.78. The maximum absolute atomic E-state index is 13.3. The monoisotopic (exact) mass is 512 g/mol. The normalized spacial score (nSPS) is 16.6. The van der Waals surface area contributed by atoms with Crippen LogP contribution in [0.4, 0.5) is 0 Å². The summed E-state index contributed by atoms with van der Waals surface area (Å²) in [6.07, 6.45) is 7.90. The van der Waals surface area contributed by atoms with Gasteiger partial charge in [-0.25, -0.2) is 8.42 Å². The van der Waals surface area contributed by atoms with Gasteiger partial charge in [-0.05, 0) is 62.2 Å². The number of ether oxygens (including phenoxy) is 1. The molecule has 1 aromatic heterocycles. The molecule has 2 heterocycles. The number of hydrogen-bond donors (Lipinski definition) is 1. The SMILES string of the molecule is C#CCSc1ccc2c(C3CCN(S(=O)(=O)c4ccc(OC(C)C)cc4)C3)cn(CC(=O)O)c2c1. The van der Waals surface area contributed by atoms with Crippen LogP contribution in [0.25, 0.3) is 10.9 Å². The number of rotatable bonds is 9. The van der Waals surface area contributed by atoms with Crippen molar-refractivity contribution in [3.05, 3.63) is 54.2 Å². The van der Waals surface area contributed by atoms with Crippen LogP contribution in [-0.4, -0.2) is 53.3 Å². The van der Waals surface area contributed by atoms with Gasteiger partial charge >= 0.3 is 5.97 Å². The lowest BCUT2D eigenvalue weighted by Crippen LogP contribution is -2.28. The molecular formula is C26H28N2O5S2. The molecule has 7 nitrogen and oxygen atoms in total. The molecule has 0 amide bonds. The second-order valence-corrected chi connectivity index (χ2v) is 11.8. The van der Waals surface area contributed by atoms with Crippen LogP contribution in [0, 0.1) is 12.3 Å². The highest BCUT2D eigenvalue weighted by Crippen LogP contribution is 2.37. The van der Waals surface area contributed by atoms with E-state index in [1.54, 1.807) is 28.8 Å². The van der Waals surface area contributed by atoms with Gasteiger partial charge in [-0.1, -0.05) is 12.0 Å². The smallest absolute Gasteiger partial charge is 0.323 e. The van der Waals surface area contributed by atoms with Gasteiger partial charge in [-0.3, -0.25) is 4.79 Å². The Morgan fingerprint density at radius 3 is 2.66 bits per heavy atom. The van der Waals surface area contributed by atoms with E-state index in [2.05, 4.69) is 5.92 Å². The molecule has 1 aliphatic heterocycles. The third kappa shape index (κ3) is 5.50. The average Bonchev–Trinajstić information content (AvgIpc) is 3.43. The molecule has 0 aliphatic carbocycles. The number of aliphatic carboxylic acids is 1. The van der Waals surface area contributed by atoms with Crippen LogP contribution < -0.4 is 4.74 Å². The van der Waals surface area contributed by atoms with Crippen molar-refractivity contribution in [3.8, 4) is 18.1 Å². The van der Waals surface area contributed by atoms with Gasteiger partial charge in [0.05, 0.1) is 16.8 Å². The first-order valence-corrected chi connectivity index (χ1v) is 13.8. The van der Waals surface area contributed by atoms with E-state index in [1.165, 1.54) is 16.1 Å². The fourth-order valence-corrected chi connectivity index (χ4v) is 6.54. The molecule has 2 aromatic carbocycles. The molecule has 1 unspecified atom stereocenters. The van der Waals surface area contributed by atoms with E-state index in [1.807, 2.05) is 38.2 Å². The quantitative estimate of drug-likeness (QED) is 0.337. The number of carboxylic acid groups (broad SMARTS) is 1. The molecule has 0 spiro atoms. The van der Waals surface area contributed by atoms with Gasteiger partial charge in [-0.2, -0.15) is 4.31 Å². The van der Waals surface area contributed by atoms with Crippen molar-refractivity contribution in [2.24, 2.45) is 0 Å². The van der Waals surface area contributed by atoms with Crippen LogP contribution in [0.2, 0.25) is 0 Å². The summed E-state index contributed by atoms with van der Waals surface area (Å²) >= 11 is 1.52. The molecule has 4 rings (SSSR count). The number of carboxylic acids is 1. The summed E-state index contributed by atoms with van der Waals surface area (Å²) in [6.45, 7) is 4.41. The molecule has 1 aliphatic rings. The zero-order valence-electron chi connectivity index (χ0n) is 19.7. The van der Waals surface area contributed by atoms with Gasteiger partial charge in [0, 0.05) is 41.0 Å². The number of hydrogen-bond acceptors (Lipinski definition) is 5. The minimum atomic E-state index is -3.65. The Kier molecular flexibility index (Phi) is 7.45. The number of fused-ring (bicyclic) bond motifs is 1. The van der Waals surface area contributed by atoms with Crippen LogP contribution in [0.15, 0.2) is 58.5 Å². The molecule has 35 heavy (non-hydrogen) atoms. The van der Waals surface area contributed by atoms with E-state index in [-0.39, 0.29) is 23.5 Å². The van der Waals surface area contributed by atoms with Crippen LogP contribution in [0.5, 0.6) is 5.75 Å². The molecule has 184 valence electrons. The van der Waals surface area contributed by atoms with E-state index in [9.17, 15) is 18.3 Å². The predicted molar refractivity (Wildman–Crippen MR) is 137 cm³/mol. The fourth-order valence-electron chi connectivity index (χ4n) is 4.43. The van der Waals surface area contributed by atoms with Gasteiger partial charge in [0.2, 0.25) is 10.0 Å². The largest absolute Gasteiger partial charge is 0.491 e. The summed E-state index contributed by atoms with van der Waals surface area (Å²) in [4.78, 5) is 12.7. The first kappa shape index (κ1) is 25.2. The Hall–Kier alpha value is -2.93. The van der Waals surface area contributed by atoms with Crippen molar-refractivity contribution in [1.29, 1.82) is 0 Å². The van der Waals surface area contributed by atoms with E-state index >= 15 is 0 Å². The summed E-state index contributed by atoms with van der Waals surface area (Å²) in [5.74, 6) is 2.79. The highest BCUT2D eigenvalue weighted by atomic mass is 32.2. The molecule has 0 bridgehead atoms. The Labute approximate surface area is 210 Å². The Morgan fingerprint density at radius 2 is 2.00 bits per heavy atom. The third-order valence-corrected chi connectivity index (χ3v) is 8.71. The molecule has 1 fully saturated rings. The van der Waals surface area contributed by atoms with Crippen molar-refractivity contribution >= 4 is 38.7 Å². The van der Waals surface area contributed by atoms with Crippen LogP contribution in [0.1, 0.15) is 31.7 Å². The lowest BCUT2D eigenvalue weighted by Gasteiger charge is -2.17. The number of benzene rings is 2. The first-order valence-electron chi connectivity index (χ1n) is 11.4. The van der Waals surface area contributed by atoms with Gasteiger partial charge in [0.25, 0.3) is 0 Å². The predicted octanol–water partition coefficient (Wildman–Crippen LogP) is 4.42. The molecule has 1 atom stereocenters. The van der Waals surface area contributed by atoms with Gasteiger partial charge < -0.3 is 14.4 Å². The number of thioether (sulfide) groups is 1. The zero-order chi connectivity index (χ0) is 25.2. The van der Waals surface area contributed by atoms with E-state index in [0.717, 1.165) is 21.4 Å². The minimum absolute atomic E-state index is 0.00653. The average molecular weight is 513 g/mol. The molecular weight excluding hydrogens is 484 g/mol. The van der Waals surface area contributed by atoms with Crippen LogP contribution in [0.3, 0.4) is 0 Å². The summed E-state index contributed by atoms with van der Waals surface area (Å²) in [7, 11) is -3.65. The molecule has 3 aromatic rings. The number of sulfonamides is 1. The number of terminal acetylenes is 1. The lowest BCUT2D eigenvalue weighted by molar-refractivity contribution is -0.137. The Bertz CT molecular complexity index is 1370. The van der Waals surface area contributed by atoms with Gasteiger partial charge in [0.15, 0.2) is 0 Å². The summed E-state index contributed by atoms with van der Waals surface area (Å²) < 4.78 is 35.4. The fraction of sp³-hybridized carbons (Fsp3) is 0.346. The maximum Gasteiger partial charge on any atom is 0.323 e. The van der Waals surface area contributed by atoms with Gasteiger partial charge in [0.1, 0.15) is 12.3 Å². The number of aromatic nitrogens is 1. The van der Waals surface area contributed by atoms with E-state index < -0.39 is 16.0 Å². The standard InChI is InChI=1S/C26H28N2O5S2/c1-4-13-34-21-7-10-23-24(16-27(17-26(29)30)25(23)14-21)19-11-12-28(15-19)35(31,32)22-8-5-20(6-9-22)33-18(2)3/h1,5-10,14,16,18-19H,11-13,15,17H2,2-3H3,(H,29,30). The number of carbonyl (C=O) groups is 1. The third-order valence-electron chi connectivity index (χ3n) is 5.94. The van der Waals surface area contributed by atoms with E-state index in [4.69, 9.17) is 11.2 Å². The lowest BCUT2D eigenvalue weighted by atomic mass is 9.98. The maximum atomic E-state index is 13.3. The van der Waals surface area contributed by atoms with Crippen molar-refractivity contribution in [3.63, 3.8) is 0 Å². The minimum Gasteiger partial charge on any atom is -0.491 e. The highest BCUT2D eigenvalue weighted by molar-refractivity contribution is 7.99. The highest BCUT2D eigenvalue weighted by Gasteiger charge is 2.34. The molecule has 0 radical (unpaired) electrons. The van der Waals surface area contributed by atoms with Gasteiger partial charge in [-0.15, -0.1) is 18.2 Å². The Balaban J connectivity index is 1.59. The molecule has 1 saturated heterocycles. The van der Waals surface area contributed by atoms with Crippen molar-refractivity contribution in [2.45, 2.75) is 48.6 Å². The van der Waals surface area contributed by atoms with Crippen LogP contribution in [-0.2, 0) is 21.4 Å². The second kappa shape index (κ2) is 10.4. The van der Waals surface area contributed by atoms with E-state index in [0.29, 0.717) is 31.0 Å². The van der Waals surface area contributed by atoms with Crippen molar-refractivity contribution in [2.75, 3.05) is 18.8 Å². The van der Waals surface area contributed by atoms with Crippen LogP contribution >= 0.6 is 11.8 Å². The molecule has 9 heteroatoms. The van der Waals surface area contributed by atoms with Crippen molar-refractivity contribution < 1.29 is 23.1 Å². The molecule has 1 N–H and O–H groups in total.